The minimum atomic E-state index is -1.92. The third kappa shape index (κ3) is 3.53. The van der Waals surface area contributed by atoms with Crippen molar-refractivity contribution < 1.29 is 0 Å². The van der Waals surface area contributed by atoms with Crippen molar-refractivity contribution in [1.29, 1.82) is 0 Å². The maximum Gasteiger partial charge on any atom is 0.368 e. The van der Waals surface area contributed by atoms with Crippen molar-refractivity contribution in [1.82, 2.24) is 19.5 Å². The lowest BCUT2D eigenvalue weighted by Crippen LogP contribution is -2.82. The smallest absolute Gasteiger partial charge is 0.303 e. The van der Waals surface area contributed by atoms with Gasteiger partial charge in [0.2, 0.25) is 0 Å². The van der Waals surface area contributed by atoms with Crippen LogP contribution in [-0.4, -0.2) is 46.5 Å². The molecule has 0 aliphatic rings. The molecule has 0 amide bonds. The van der Waals surface area contributed by atoms with Gasteiger partial charge in [0.05, 0.1) is 0 Å². The van der Waals surface area contributed by atoms with E-state index in [2.05, 4.69) is 47.2 Å². The molecule has 0 rings (SSSR count). The summed E-state index contributed by atoms with van der Waals surface area (Å²) in [7, 11) is 4.14. The summed E-state index contributed by atoms with van der Waals surface area (Å²) in [6.07, 6.45) is 1.16. The second-order valence-corrected chi connectivity index (χ2v) is 8.24. The maximum absolute atomic E-state index is 3.45. The fraction of sp³-hybridized carbons (Fsp3) is 1.00. The van der Waals surface area contributed by atoms with E-state index in [-0.39, 0.29) is 5.54 Å². The van der Waals surface area contributed by atoms with Crippen LogP contribution < -0.4 is 14.9 Å². The van der Waals surface area contributed by atoms with Crippen molar-refractivity contribution in [2.75, 3.05) is 27.7 Å². The number of nitrogens with one attached hydrogen (secondary N) is 3. The first-order valence-electron chi connectivity index (χ1n) is 5.72. The van der Waals surface area contributed by atoms with Gasteiger partial charge in [-0.05, 0) is 54.9 Å². The summed E-state index contributed by atoms with van der Waals surface area (Å²) in [5.41, 5.74) is 0.164. The zero-order valence-electron chi connectivity index (χ0n) is 11.4. The van der Waals surface area contributed by atoms with Gasteiger partial charge in [-0.3, -0.25) is 4.57 Å². The second-order valence-electron chi connectivity index (χ2n) is 4.78. The summed E-state index contributed by atoms with van der Waals surface area (Å²) < 4.78 is 2.53. The summed E-state index contributed by atoms with van der Waals surface area (Å²) in [6, 6.07) is 0. The minimum absolute atomic E-state index is 0.164. The molecule has 0 atom stereocenters. The van der Waals surface area contributed by atoms with Gasteiger partial charge >= 0.3 is 8.72 Å². The Labute approximate surface area is 96.1 Å². The van der Waals surface area contributed by atoms with Crippen LogP contribution in [0.25, 0.3) is 0 Å². The lowest BCUT2D eigenvalue weighted by molar-refractivity contribution is 0.223. The summed E-state index contributed by atoms with van der Waals surface area (Å²) in [4.78, 5) is 10.3. The van der Waals surface area contributed by atoms with Crippen LogP contribution in [0.15, 0.2) is 0 Å². The number of hydrogen-bond acceptors (Lipinski definition) is 4. The Morgan fingerprint density at radius 2 is 1.40 bits per heavy atom. The van der Waals surface area contributed by atoms with Crippen LogP contribution in [0.4, 0.5) is 0 Å². The van der Waals surface area contributed by atoms with E-state index in [1.165, 1.54) is 0 Å². The summed E-state index contributed by atoms with van der Waals surface area (Å²) >= 11 is 0. The number of rotatable bonds is 6. The molecule has 0 fully saturated rings. The molecular weight excluding hydrogens is 204 g/mol. The van der Waals surface area contributed by atoms with Crippen molar-refractivity contribution in [3.8, 4) is 0 Å². The Morgan fingerprint density at radius 1 is 1.00 bits per heavy atom. The molecule has 0 aromatic heterocycles. The highest BCUT2D eigenvalue weighted by Crippen LogP contribution is 2.17. The predicted molar refractivity (Wildman–Crippen MR) is 69.7 cm³/mol. The van der Waals surface area contributed by atoms with Gasteiger partial charge in [-0.25, -0.2) is 0 Å². The molecule has 0 aromatic rings. The lowest BCUT2D eigenvalue weighted by Gasteiger charge is -2.47. The largest absolute Gasteiger partial charge is 0.368 e. The van der Waals surface area contributed by atoms with Crippen LogP contribution >= 0.6 is 0 Å². The first-order chi connectivity index (χ1) is 6.87. The number of hydrogen-bond donors (Lipinski definition) is 3. The highest BCUT2D eigenvalue weighted by Gasteiger charge is 2.42. The van der Waals surface area contributed by atoms with Crippen LogP contribution in [-0.2, 0) is 0 Å². The summed E-state index contributed by atoms with van der Waals surface area (Å²) in [5.74, 6) is 0. The summed E-state index contributed by atoms with van der Waals surface area (Å²) in [6.45, 7) is 10.1. The van der Waals surface area contributed by atoms with Crippen LogP contribution in [0.3, 0.4) is 0 Å². The molecule has 0 aliphatic carbocycles. The molecule has 0 saturated carbocycles. The molecule has 0 aromatic carbocycles. The van der Waals surface area contributed by atoms with Crippen molar-refractivity contribution in [3.05, 3.63) is 0 Å². The zero-order valence-corrected chi connectivity index (χ0v) is 12.4. The molecule has 92 valence electrons. The van der Waals surface area contributed by atoms with Gasteiger partial charge in [-0.1, -0.05) is 6.92 Å². The highest BCUT2D eigenvalue weighted by atomic mass is 28.4. The number of nitrogens with zero attached hydrogens (tertiary/aromatic N) is 1. The van der Waals surface area contributed by atoms with Crippen LogP contribution in [0, 0.1) is 0 Å². The zero-order chi connectivity index (χ0) is 12.1. The monoisotopic (exact) mass is 232 g/mol. The standard InChI is InChI=1S/C10H28N4Si/c1-8-9-14(10(2,3)4)15(11-5,12-6)13-7/h11-13H,8-9H2,1-7H3. The first kappa shape index (κ1) is 15.1. The first-order valence-corrected chi connectivity index (χ1v) is 7.67. The van der Waals surface area contributed by atoms with E-state index in [1.807, 2.05) is 21.1 Å². The third-order valence-electron chi connectivity index (χ3n) is 2.75. The van der Waals surface area contributed by atoms with E-state index < -0.39 is 8.72 Å². The second kappa shape index (κ2) is 5.96. The van der Waals surface area contributed by atoms with E-state index in [9.17, 15) is 0 Å². The van der Waals surface area contributed by atoms with Crippen LogP contribution in [0.2, 0.25) is 0 Å². The molecule has 0 aliphatic heterocycles. The minimum Gasteiger partial charge on any atom is -0.303 e. The molecule has 3 N–H and O–H groups in total. The Bertz CT molecular complexity index is 166. The highest BCUT2D eigenvalue weighted by molar-refractivity contribution is 6.69. The third-order valence-corrected chi connectivity index (χ3v) is 6.62. The Kier molecular flexibility index (Phi) is 5.98. The Balaban J connectivity index is 5.00. The molecule has 0 unspecified atom stereocenters. The molecule has 5 heteroatoms. The van der Waals surface area contributed by atoms with E-state index in [1.54, 1.807) is 0 Å². The van der Waals surface area contributed by atoms with Gasteiger partial charge < -0.3 is 14.9 Å². The van der Waals surface area contributed by atoms with Gasteiger partial charge in [-0.15, -0.1) is 0 Å². The van der Waals surface area contributed by atoms with E-state index in [0.717, 1.165) is 13.0 Å². The van der Waals surface area contributed by atoms with Gasteiger partial charge in [0.15, 0.2) is 0 Å². The predicted octanol–water partition coefficient (Wildman–Crippen LogP) is 0.591. The average Bonchev–Trinajstić information content (AvgIpc) is 2.18. The Hall–Kier alpha value is 0.0569. The van der Waals surface area contributed by atoms with Gasteiger partial charge in [0, 0.05) is 5.54 Å². The SMILES string of the molecule is CCCN(C(C)(C)C)[Si](NC)(NC)NC. The van der Waals surface area contributed by atoms with Crippen molar-refractivity contribution in [2.45, 2.75) is 39.7 Å². The topological polar surface area (TPSA) is 39.3 Å². The van der Waals surface area contributed by atoms with Crippen molar-refractivity contribution in [3.63, 3.8) is 0 Å². The molecule has 0 saturated heterocycles. The molecule has 0 radical (unpaired) electrons. The van der Waals surface area contributed by atoms with E-state index in [4.69, 9.17) is 0 Å². The van der Waals surface area contributed by atoms with Crippen molar-refractivity contribution >= 4 is 8.72 Å². The molecule has 0 bridgehead atoms. The maximum atomic E-state index is 3.45. The quantitative estimate of drug-likeness (QED) is 0.586. The fourth-order valence-electron chi connectivity index (χ4n) is 2.01. The van der Waals surface area contributed by atoms with Gasteiger partial charge in [-0.2, -0.15) is 0 Å². The van der Waals surface area contributed by atoms with Gasteiger partial charge in [0.25, 0.3) is 0 Å². The average molecular weight is 232 g/mol. The molecule has 4 nitrogen and oxygen atoms in total. The molecule has 0 spiro atoms. The van der Waals surface area contributed by atoms with E-state index >= 15 is 0 Å². The molecule has 0 heterocycles. The lowest BCUT2D eigenvalue weighted by atomic mass is 10.1. The molecular formula is C10H28N4Si. The van der Waals surface area contributed by atoms with Crippen LogP contribution in [0.5, 0.6) is 0 Å². The van der Waals surface area contributed by atoms with Gasteiger partial charge in [0.1, 0.15) is 0 Å². The normalized spacial score (nSPS) is 13.6. The van der Waals surface area contributed by atoms with E-state index in [0.29, 0.717) is 0 Å². The summed E-state index contributed by atoms with van der Waals surface area (Å²) in [5, 5.41) is 0. The van der Waals surface area contributed by atoms with Crippen molar-refractivity contribution in [2.24, 2.45) is 0 Å². The Morgan fingerprint density at radius 3 is 1.60 bits per heavy atom. The molecule has 15 heavy (non-hydrogen) atoms. The van der Waals surface area contributed by atoms with Crippen LogP contribution in [0.1, 0.15) is 34.1 Å². The fourth-order valence-corrected chi connectivity index (χ4v) is 5.13.